The molecule has 0 aliphatic rings. The summed E-state index contributed by atoms with van der Waals surface area (Å²) in [5.74, 6) is -0.888. The van der Waals surface area contributed by atoms with Crippen LogP contribution in [-0.2, 0) is 0 Å². The van der Waals surface area contributed by atoms with Crippen LogP contribution in [0.3, 0.4) is 0 Å². The van der Waals surface area contributed by atoms with Gasteiger partial charge in [-0.1, -0.05) is 6.07 Å². The molecule has 2 heterocycles. The van der Waals surface area contributed by atoms with E-state index in [4.69, 9.17) is 0 Å². The number of fused-ring (bicyclic) bond motifs is 1. The predicted molar refractivity (Wildman–Crippen MR) is 65.3 cm³/mol. The Labute approximate surface area is 103 Å². The topological polar surface area (TPSA) is 17.3 Å². The lowest BCUT2D eigenvalue weighted by Crippen LogP contribution is -1.90. The third-order valence-corrected chi connectivity index (χ3v) is 2.89. The van der Waals surface area contributed by atoms with Gasteiger partial charge >= 0.3 is 0 Å². The third kappa shape index (κ3) is 1.66. The van der Waals surface area contributed by atoms with Crippen molar-refractivity contribution in [1.82, 2.24) is 9.38 Å². The quantitative estimate of drug-likeness (QED) is 0.639. The van der Waals surface area contributed by atoms with Crippen molar-refractivity contribution in [3.63, 3.8) is 0 Å². The predicted octanol–water partition coefficient (Wildman–Crippen LogP) is 3.59. The highest BCUT2D eigenvalue weighted by molar-refractivity contribution is 5.63. The summed E-state index contributed by atoms with van der Waals surface area (Å²) in [7, 11) is 0. The molecule has 3 aromatic rings. The summed E-state index contributed by atoms with van der Waals surface area (Å²) in [6, 6.07) is 7.88. The molecule has 2 aromatic heterocycles. The van der Waals surface area contributed by atoms with Crippen molar-refractivity contribution >= 4 is 5.65 Å². The summed E-state index contributed by atoms with van der Waals surface area (Å²) in [6.45, 7) is 1.53. The van der Waals surface area contributed by atoms with E-state index in [1.165, 1.54) is 19.1 Å². The average molecular weight is 244 g/mol. The first-order valence-electron chi connectivity index (χ1n) is 5.55. The number of aryl methyl sites for hydroxylation is 1. The van der Waals surface area contributed by atoms with Gasteiger partial charge < -0.3 is 4.40 Å². The Bertz CT molecular complexity index is 699. The van der Waals surface area contributed by atoms with Crippen molar-refractivity contribution in [2.75, 3.05) is 0 Å². The summed E-state index contributed by atoms with van der Waals surface area (Å²) in [5, 5.41) is 0. The number of rotatable bonds is 1. The molecule has 0 spiro atoms. The minimum Gasteiger partial charge on any atom is -0.306 e. The average Bonchev–Trinajstić information content (AvgIpc) is 2.77. The number of pyridine rings is 1. The molecular weight excluding hydrogens is 234 g/mol. The van der Waals surface area contributed by atoms with Gasteiger partial charge in [0.2, 0.25) is 0 Å². The molecule has 0 saturated carbocycles. The number of aromatic nitrogens is 2. The lowest BCUT2D eigenvalue weighted by molar-refractivity contribution is 0.595. The molecule has 1 aromatic carbocycles. The van der Waals surface area contributed by atoms with Crippen molar-refractivity contribution in [2.24, 2.45) is 0 Å². The van der Waals surface area contributed by atoms with Crippen molar-refractivity contribution < 1.29 is 8.78 Å². The maximum Gasteiger partial charge on any atom is 0.137 e. The van der Waals surface area contributed by atoms with Crippen LogP contribution in [0.15, 0.2) is 42.7 Å². The number of imidazole rings is 1. The van der Waals surface area contributed by atoms with E-state index >= 15 is 0 Å². The molecule has 0 N–H and O–H groups in total. The second-order valence-corrected chi connectivity index (χ2v) is 4.17. The normalized spacial score (nSPS) is 11.1. The van der Waals surface area contributed by atoms with Crippen molar-refractivity contribution in [3.8, 4) is 11.3 Å². The molecule has 90 valence electrons. The van der Waals surface area contributed by atoms with E-state index in [2.05, 4.69) is 4.98 Å². The second kappa shape index (κ2) is 3.91. The van der Waals surface area contributed by atoms with Crippen LogP contribution in [0.2, 0.25) is 0 Å². The van der Waals surface area contributed by atoms with Crippen LogP contribution in [0.1, 0.15) is 5.56 Å². The molecule has 0 unspecified atom stereocenters. The number of hydrogen-bond acceptors (Lipinski definition) is 1. The van der Waals surface area contributed by atoms with Gasteiger partial charge in [0.1, 0.15) is 17.3 Å². The third-order valence-electron chi connectivity index (χ3n) is 2.89. The lowest BCUT2D eigenvalue weighted by Gasteiger charge is -2.02. The molecule has 4 heteroatoms. The van der Waals surface area contributed by atoms with E-state index in [1.54, 1.807) is 10.6 Å². The monoisotopic (exact) mass is 244 g/mol. The minimum absolute atomic E-state index is 0.182. The number of nitrogens with zero attached hydrogens (tertiary/aromatic N) is 2. The molecule has 0 saturated heterocycles. The Morgan fingerprint density at radius 3 is 2.72 bits per heavy atom. The standard InChI is InChI=1S/C14H10F2N2/c1-9-6-12(16)10(7-11(9)15)13-8-18-5-3-2-4-14(18)17-13/h2-8H,1H3. The summed E-state index contributed by atoms with van der Waals surface area (Å²) in [5.41, 5.74) is 1.60. The van der Waals surface area contributed by atoms with Gasteiger partial charge in [0.05, 0.1) is 5.69 Å². The molecule has 0 aliphatic carbocycles. The Balaban J connectivity index is 2.22. The van der Waals surface area contributed by atoms with Crippen LogP contribution in [0.5, 0.6) is 0 Å². The Hall–Kier alpha value is -2.23. The van der Waals surface area contributed by atoms with Crippen molar-refractivity contribution in [2.45, 2.75) is 6.92 Å². The summed E-state index contributed by atoms with van der Waals surface area (Å²) < 4.78 is 29.1. The highest BCUT2D eigenvalue weighted by Crippen LogP contribution is 2.25. The van der Waals surface area contributed by atoms with Crippen LogP contribution in [0, 0.1) is 18.6 Å². The van der Waals surface area contributed by atoms with Crippen LogP contribution in [0.4, 0.5) is 8.78 Å². The van der Waals surface area contributed by atoms with Crippen LogP contribution < -0.4 is 0 Å². The fourth-order valence-corrected chi connectivity index (χ4v) is 1.91. The number of hydrogen-bond donors (Lipinski definition) is 0. The zero-order valence-electron chi connectivity index (χ0n) is 9.69. The summed E-state index contributed by atoms with van der Waals surface area (Å²) in [6.07, 6.45) is 3.50. The smallest absolute Gasteiger partial charge is 0.137 e. The molecule has 18 heavy (non-hydrogen) atoms. The van der Waals surface area contributed by atoms with Gasteiger partial charge in [-0.3, -0.25) is 0 Å². The van der Waals surface area contributed by atoms with Gasteiger partial charge in [-0.05, 0) is 36.8 Å². The van der Waals surface area contributed by atoms with Gasteiger partial charge in [-0.15, -0.1) is 0 Å². The lowest BCUT2D eigenvalue weighted by atomic mass is 10.1. The summed E-state index contributed by atoms with van der Waals surface area (Å²) >= 11 is 0. The Kier molecular flexibility index (Phi) is 2.37. The van der Waals surface area contributed by atoms with E-state index in [0.29, 0.717) is 16.9 Å². The maximum absolute atomic E-state index is 13.8. The van der Waals surface area contributed by atoms with E-state index in [0.717, 1.165) is 0 Å². The van der Waals surface area contributed by atoms with Gasteiger partial charge in [-0.25, -0.2) is 13.8 Å². The fourth-order valence-electron chi connectivity index (χ4n) is 1.91. The van der Waals surface area contributed by atoms with Crippen LogP contribution in [-0.4, -0.2) is 9.38 Å². The van der Waals surface area contributed by atoms with Gasteiger partial charge in [-0.2, -0.15) is 0 Å². The molecule has 0 fully saturated rings. The number of benzene rings is 1. The van der Waals surface area contributed by atoms with Crippen LogP contribution >= 0.6 is 0 Å². The molecule has 0 aliphatic heterocycles. The van der Waals surface area contributed by atoms with Crippen LogP contribution in [0.25, 0.3) is 16.9 Å². The van der Waals surface area contributed by atoms with Crippen molar-refractivity contribution in [1.29, 1.82) is 0 Å². The molecule has 2 nitrogen and oxygen atoms in total. The second-order valence-electron chi connectivity index (χ2n) is 4.17. The summed E-state index contributed by atoms with van der Waals surface area (Å²) in [4.78, 5) is 4.27. The zero-order valence-corrected chi connectivity index (χ0v) is 9.69. The molecule has 3 rings (SSSR count). The highest BCUT2D eigenvalue weighted by atomic mass is 19.1. The van der Waals surface area contributed by atoms with Gasteiger partial charge in [0.25, 0.3) is 0 Å². The molecule has 0 bridgehead atoms. The first-order valence-corrected chi connectivity index (χ1v) is 5.55. The zero-order chi connectivity index (χ0) is 12.7. The first kappa shape index (κ1) is 10.9. The Morgan fingerprint density at radius 2 is 1.94 bits per heavy atom. The van der Waals surface area contributed by atoms with Gasteiger partial charge in [0.15, 0.2) is 0 Å². The Morgan fingerprint density at radius 1 is 1.11 bits per heavy atom. The number of halogens is 2. The first-order chi connectivity index (χ1) is 8.65. The van der Waals surface area contributed by atoms with E-state index < -0.39 is 11.6 Å². The van der Waals surface area contributed by atoms with Crippen molar-refractivity contribution in [3.05, 3.63) is 59.9 Å². The SMILES string of the molecule is Cc1cc(F)c(-c2cn3ccccc3n2)cc1F. The van der Waals surface area contributed by atoms with E-state index in [9.17, 15) is 8.78 Å². The van der Waals surface area contributed by atoms with E-state index in [-0.39, 0.29) is 5.56 Å². The van der Waals surface area contributed by atoms with Gasteiger partial charge in [0, 0.05) is 18.0 Å². The fraction of sp³-hybridized carbons (Fsp3) is 0.0714. The molecular formula is C14H10F2N2. The minimum atomic E-state index is -0.461. The largest absolute Gasteiger partial charge is 0.306 e. The molecule has 0 atom stereocenters. The highest BCUT2D eigenvalue weighted by Gasteiger charge is 2.12. The maximum atomic E-state index is 13.8. The molecule has 0 amide bonds. The molecule has 0 radical (unpaired) electrons. The van der Waals surface area contributed by atoms with E-state index in [1.807, 2.05) is 24.4 Å².